The number of fused-ring (bicyclic) bond motifs is 2. The Hall–Kier alpha value is -1.98. The molecule has 1 aromatic heterocycles. The van der Waals surface area contributed by atoms with Crippen LogP contribution in [0.1, 0.15) is 10.4 Å². The smallest absolute Gasteiger partial charge is 0.254 e. The van der Waals surface area contributed by atoms with E-state index in [-0.39, 0.29) is 11.3 Å². The Morgan fingerprint density at radius 3 is 3.04 bits per heavy atom. The van der Waals surface area contributed by atoms with Gasteiger partial charge in [0.25, 0.3) is 5.91 Å². The van der Waals surface area contributed by atoms with Crippen LogP contribution in [0.15, 0.2) is 36.5 Å². The van der Waals surface area contributed by atoms with E-state index in [1.165, 1.54) is 0 Å². The molecule has 5 heteroatoms. The number of carbonyl (C=O) groups is 1. The highest BCUT2D eigenvalue weighted by Gasteiger charge is 2.52. The topological polar surface area (TPSA) is 45.7 Å². The molecule has 4 rings (SSSR count). The van der Waals surface area contributed by atoms with Gasteiger partial charge in [0.2, 0.25) is 0 Å². The van der Waals surface area contributed by atoms with Gasteiger partial charge < -0.3 is 14.5 Å². The van der Waals surface area contributed by atoms with Crippen molar-refractivity contribution in [3.8, 4) is 0 Å². The fourth-order valence-electron chi connectivity index (χ4n) is 4.29. The molecule has 2 aliphatic rings. The fourth-order valence-corrected chi connectivity index (χ4v) is 4.29. The minimum Gasteiger partial charge on any atom is -0.380 e. The first kappa shape index (κ1) is 15.5. The van der Waals surface area contributed by atoms with E-state index < -0.39 is 0 Å². The highest BCUT2D eigenvalue weighted by Crippen LogP contribution is 2.42. The van der Waals surface area contributed by atoms with Crippen molar-refractivity contribution in [1.82, 2.24) is 14.8 Å². The third-order valence-corrected chi connectivity index (χ3v) is 5.32. The molecule has 126 valence electrons. The van der Waals surface area contributed by atoms with Crippen LogP contribution < -0.4 is 0 Å². The molecular weight excluding hydrogens is 302 g/mol. The van der Waals surface area contributed by atoms with Crippen molar-refractivity contribution in [1.29, 1.82) is 0 Å². The van der Waals surface area contributed by atoms with Gasteiger partial charge in [-0.2, -0.15) is 0 Å². The SMILES string of the molecule is CN(C)C[C@@]12COC[C@@H]1CN(C(=O)c1ccnc3ccccc13)C2. The van der Waals surface area contributed by atoms with E-state index in [2.05, 4.69) is 24.0 Å². The molecule has 1 amide bonds. The molecule has 1 aromatic carbocycles. The second kappa shape index (κ2) is 5.83. The third kappa shape index (κ3) is 2.48. The first-order valence-corrected chi connectivity index (χ1v) is 8.45. The molecule has 2 aromatic rings. The summed E-state index contributed by atoms with van der Waals surface area (Å²) in [5.41, 5.74) is 1.69. The zero-order chi connectivity index (χ0) is 16.7. The van der Waals surface area contributed by atoms with E-state index in [4.69, 9.17) is 4.74 Å². The number of nitrogens with zero attached hydrogens (tertiary/aromatic N) is 3. The van der Waals surface area contributed by atoms with Gasteiger partial charge in [-0.1, -0.05) is 18.2 Å². The summed E-state index contributed by atoms with van der Waals surface area (Å²) in [6.07, 6.45) is 1.73. The lowest BCUT2D eigenvalue weighted by Gasteiger charge is -2.30. The van der Waals surface area contributed by atoms with E-state index in [1.807, 2.05) is 35.2 Å². The summed E-state index contributed by atoms with van der Waals surface area (Å²) >= 11 is 0. The number of para-hydroxylation sites is 1. The standard InChI is InChI=1S/C19H23N3O2/c1-21(2)11-19-12-22(9-14(19)10-24-13-19)18(23)16-7-8-20-17-6-4-3-5-15(16)17/h3-8,14H,9-13H2,1-2H3/t14-,19+/m0/s1. The molecule has 0 spiro atoms. The van der Waals surface area contributed by atoms with Crippen LogP contribution in [0, 0.1) is 11.3 Å². The molecule has 3 heterocycles. The van der Waals surface area contributed by atoms with Gasteiger partial charge in [0, 0.05) is 42.6 Å². The number of hydrogen-bond donors (Lipinski definition) is 0. The number of aromatic nitrogens is 1. The van der Waals surface area contributed by atoms with Crippen LogP contribution in [0.3, 0.4) is 0 Å². The van der Waals surface area contributed by atoms with Gasteiger partial charge in [-0.05, 0) is 26.2 Å². The number of ether oxygens (including phenoxy) is 1. The van der Waals surface area contributed by atoms with E-state index in [9.17, 15) is 4.79 Å². The van der Waals surface area contributed by atoms with Crippen LogP contribution in [-0.4, -0.2) is 67.6 Å². The molecule has 24 heavy (non-hydrogen) atoms. The molecule has 2 aliphatic heterocycles. The Labute approximate surface area is 142 Å². The first-order chi connectivity index (χ1) is 11.6. The predicted molar refractivity (Wildman–Crippen MR) is 92.9 cm³/mol. The molecule has 2 atom stereocenters. The van der Waals surface area contributed by atoms with Crippen molar-refractivity contribution < 1.29 is 9.53 Å². The number of rotatable bonds is 3. The average molecular weight is 325 g/mol. The van der Waals surface area contributed by atoms with Gasteiger partial charge in [-0.25, -0.2) is 0 Å². The molecule has 0 radical (unpaired) electrons. The quantitative estimate of drug-likeness (QED) is 0.864. The summed E-state index contributed by atoms with van der Waals surface area (Å²) in [5, 5.41) is 0.931. The Bertz CT molecular complexity index is 771. The van der Waals surface area contributed by atoms with Gasteiger partial charge in [-0.15, -0.1) is 0 Å². The molecule has 0 saturated carbocycles. The maximum absolute atomic E-state index is 13.2. The average Bonchev–Trinajstić information content (AvgIpc) is 3.09. The first-order valence-electron chi connectivity index (χ1n) is 8.45. The number of amides is 1. The molecular formula is C19H23N3O2. The van der Waals surface area contributed by atoms with Crippen LogP contribution in [0.4, 0.5) is 0 Å². The molecule has 0 aliphatic carbocycles. The van der Waals surface area contributed by atoms with E-state index in [0.29, 0.717) is 5.92 Å². The number of pyridine rings is 1. The van der Waals surface area contributed by atoms with Crippen LogP contribution in [0.25, 0.3) is 10.9 Å². The van der Waals surface area contributed by atoms with E-state index in [1.54, 1.807) is 6.20 Å². The zero-order valence-electron chi connectivity index (χ0n) is 14.2. The minimum atomic E-state index is 0.0714. The van der Waals surface area contributed by atoms with Crippen molar-refractivity contribution in [3.63, 3.8) is 0 Å². The van der Waals surface area contributed by atoms with Crippen molar-refractivity contribution in [3.05, 3.63) is 42.1 Å². The van der Waals surface area contributed by atoms with Crippen LogP contribution in [0.5, 0.6) is 0 Å². The largest absolute Gasteiger partial charge is 0.380 e. The highest BCUT2D eigenvalue weighted by molar-refractivity contribution is 6.06. The zero-order valence-corrected chi connectivity index (χ0v) is 14.2. The summed E-state index contributed by atoms with van der Waals surface area (Å²) in [6.45, 7) is 4.01. The number of likely N-dealkylation sites (tertiary alicyclic amines) is 1. The van der Waals surface area contributed by atoms with Crippen LogP contribution in [-0.2, 0) is 4.74 Å². The Morgan fingerprint density at radius 2 is 2.21 bits per heavy atom. The molecule has 5 nitrogen and oxygen atoms in total. The minimum absolute atomic E-state index is 0.0714. The van der Waals surface area contributed by atoms with Crippen molar-refractivity contribution in [2.45, 2.75) is 0 Å². The summed E-state index contributed by atoms with van der Waals surface area (Å²) < 4.78 is 5.75. The van der Waals surface area contributed by atoms with Gasteiger partial charge in [-0.3, -0.25) is 9.78 Å². The highest BCUT2D eigenvalue weighted by atomic mass is 16.5. The molecule has 0 unspecified atom stereocenters. The number of benzene rings is 1. The maximum atomic E-state index is 13.2. The molecule has 0 bridgehead atoms. The Kier molecular flexibility index (Phi) is 3.77. The monoisotopic (exact) mass is 325 g/mol. The second-order valence-corrected chi connectivity index (χ2v) is 7.37. The van der Waals surface area contributed by atoms with Crippen LogP contribution in [0.2, 0.25) is 0 Å². The van der Waals surface area contributed by atoms with Crippen molar-refractivity contribution in [2.75, 3.05) is 46.9 Å². The molecule has 2 fully saturated rings. The van der Waals surface area contributed by atoms with Gasteiger partial charge in [0.1, 0.15) is 0 Å². The van der Waals surface area contributed by atoms with Crippen molar-refractivity contribution in [2.24, 2.45) is 11.3 Å². The van der Waals surface area contributed by atoms with Gasteiger partial charge >= 0.3 is 0 Å². The lowest BCUT2D eigenvalue weighted by atomic mass is 9.81. The van der Waals surface area contributed by atoms with Gasteiger partial charge in [0.15, 0.2) is 0 Å². The van der Waals surface area contributed by atoms with E-state index in [0.717, 1.165) is 49.3 Å². The number of carbonyl (C=O) groups excluding carboxylic acids is 1. The lowest BCUT2D eigenvalue weighted by molar-refractivity contribution is 0.0699. The lowest BCUT2D eigenvalue weighted by Crippen LogP contribution is -2.41. The molecule has 2 saturated heterocycles. The number of hydrogen-bond acceptors (Lipinski definition) is 4. The van der Waals surface area contributed by atoms with Crippen molar-refractivity contribution >= 4 is 16.8 Å². The summed E-state index contributed by atoms with van der Waals surface area (Å²) in [5.74, 6) is 0.540. The Balaban J connectivity index is 1.64. The predicted octanol–water partition coefficient (Wildman–Crippen LogP) is 1.88. The van der Waals surface area contributed by atoms with Crippen LogP contribution >= 0.6 is 0 Å². The van der Waals surface area contributed by atoms with Gasteiger partial charge in [0.05, 0.1) is 24.3 Å². The Morgan fingerprint density at radius 1 is 1.38 bits per heavy atom. The normalized spacial score (nSPS) is 26.3. The fraction of sp³-hybridized carbons (Fsp3) is 0.474. The maximum Gasteiger partial charge on any atom is 0.254 e. The summed E-state index contributed by atoms with van der Waals surface area (Å²) in [4.78, 5) is 21.7. The molecule has 0 N–H and O–H groups in total. The summed E-state index contributed by atoms with van der Waals surface area (Å²) in [7, 11) is 4.18. The second-order valence-electron chi connectivity index (χ2n) is 7.37. The van der Waals surface area contributed by atoms with E-state index >= 15 is 0 Å². The summed E-state index contributed by atoms with van der Waals surface area (Å²) in [6, 6.07) is 9.68. The third-order valence-electron chi connectivity index (χ3n) is 5.32.